The fraction of sp³-hybridized carbons (Fsp3) is 0.400. The zero-order chi connectivity index (χ0) is 16.4. The number of hydrogen-bond acceptors (Lipinski definition) is 3. The molecule has 2 saturated heterocycles. The maximum Gasteiger partial charge on any atom is 0.324 e. The van der Waals surface area contributed by atoms with Crippen LogP contribution in [0.3, 0.4) is 0 Å². The Bertz CT molecular complexity index is 627. The van der Waals surface area contributed by atoms with Crippen LogP contribution in [-0.2, 0) is 4.79 Å². The Morgan fingerprint density at radius 1 is 1.22 bits per heavy atom. The fourth-order valence-electron chi connectivity index (χ4n) is 2.89. The van der Waals surface area contributed by atoms with Gasteiger partial charge in [-0.15, -0.1) is 0 Å². The molecule has 0 atom stereocenters. The fourth-order valence-corrected chi connectivity index (χ4v) is 3.07. The van der Waals surface area contributed by atoms with Crippen LogP contribution in [0.4, 0.5) is 15.3 Å². The molecule has 2 aliphatic rings. The number of imide groups is 1. The van der Waals surface area contributed by atoms with Crippen molar-refractivity contribution in [1.82, 2.24) is 15.1 Å². The highest BCUT2D eigenvalue weighted by Crippen LogP contribution is 2.23. The van der Waals surface area contributed by atoms with Crippen molar-refractivity contribution < 1.29 is 14.4 Å². The molecule has 1 aromatic carbocycles. The van der Waals surface area contributed by atoms with Gasteiger partial charge in [0, 0.05) is 19.1 Å². The minimum Gasteiger partial charge on any atom is -0.329 e. The lowest BCUT2D eigenvalue weighted by atomic mass is 10.0. The van der Waals surface area contributed by atoms with Gasteiger partial charge in [0.1, 0.15) is 0 Å². The lowest BCUT2D eigenvalue weighted by molar-refractivity contribution is -0.127. The first-order chi connectivity index (χ1) is 11.1. The van der Waals surface area contributed by atoms with Crippen LogP contribution in [0, 0.1) is 0 Å². The lowest BCUT2D eigenvalue weighted by Crippen LogP contribution is -2.49. The number of nitrogens with zero attached hydrogens (tertiary/aromatic N) is 2. The van der Waals surface area contributed by atoms with Gasteiger partial charge in [0.2, 0.25) is 5.91 Å². The Labute approximate surface area is 138 Å². The van der Waals surface area contributed by atoms with Gasteiger partial charge in [0.05, 0.1) is 17.3 Å². The Morgan fingerprint density at radius 3 is 2.52 bits per heavy atom. The van der Waals surface area contributed by atoms with Crippen molar-refractivity contribution in [3.05, 3.63) is 29.3 Å². The molecule has 0 bridgehead atoms. The largest absolute Gasteiger partial charge is 0.329 e. The van der Waals surface area contributed by atoms with Crippen LogP contribution in [0.15, 0.2) is 24.3 Å². The summed E-state index contributed by atoms with van der Waals surface area (Å²) in [6, 6.07) is 6.32. The van der Waals surface area contributed by atoms with E-state index in [-0.39, 0.29) is 30.6 Å². The topological polar surface area (TPSA) is 81.8 Å². The van der Waals surface area contributed by atoms with Gasteiger partial charge in [-0.1, -0.05) is 23.7 Å². The number of halogens is 1. The summed E-state index contributed by atoms with van der Waals surface area (Å²) in [4.78, 5) is 38.6. The first-order valence-corrected chi connectivity index (χ1v) is 7.84. The van der Waals surface area contributed by atoms with Crippen LogP contribution >= 0.6 is 11.6 Å². The molecule has 1 aromatic rings. The van der Waals surface area contributed by atoms with Gasteiger partial charge in [-0.3, -0.25) is 9.69 Å². The molecule has 2 fully saturated rings. The van der Waals surface area contributed by atoms with Crippen LogP contribution < -0.4 is 10.6 Å². The van der Waals surface area contributed by atoms with E-state index in [0.29, 0.717) is 36.6 Å². The van der Waals surface area contributed by atoms with Gasteiger partial charge in [-0.2, -0.15) is 0 Å². The molecule has 2 heterocycles. The molecule has 0 aromatic heterocycles. The highest BCUT2D eigenvalue weighted by atomic mass is 35.5. The van der Waals surface area contributed by atoms with Crippen LogP contribution in [0.25, 0.3) is 0 Å². The first-order valence-electron chi connectivity index (χ1n) is 7.46. The molecule has 2 aliphatic heterocycles. The number of likely N-dealkylation sites (tertiary alicyclic amines) is 1. The predicted molar refractivity (Wildman–Crippen MR) is 85.3 cm³/mol. The SMILES string of the molecule is O=C(Nc1ccccc1Cl)N1CCC(N2C(=O)CNC2=O)CC1. The standard InChI is InChI=1S/C15H17ClN4O3/c16-11-3-1-2-4-12(11)18-15(23)19-7-5-10(6-8-19)20-13(21)9-17-14(20)22/h1-4,10H,5-9H2,(H,17,22)(H,18,23). The van der Waals surface area contributed by atoms with Crippen LogP contribution in [0.5, 0.6) is 0 Å². The average Bonchev–Trinajstić information content (AvgIpc) is 2.88. The number of urea groups is 2. The van der Waals surface area contributed by atoms with Crippen LogP contribution in [0.1, 0.15) is 12.8 Å². The maximum atomic E-state index is 12.3. The van der Waals surface area contributed by atoms with Gasteiger partial charge in [0.25, 0.3) is 0 Å². The van der Waals surface area contributed by atoms with Crippen molar-refractivity contribution in [2.75, 3.05) is 25.0 Å². The van der Waals surface area contributed by atoms with E-state index in [9.17, 15) is 14.4 Å². The normalized spacial score (nSPS) is 19.0. The second kappa shape index (κ2) is 6.45. The van der Waals surface area contributed by atoms with Gasteiger partial charge >= 0.3 is 12.1 Å². The molecule has 122 valence electrons. The number of carbonyl (C=O) groups excluding carboxylic acids is 3. The first kappa shape index (κ1) is 15.6. The number of benzene rings is 1. The number of para-hydroxylation sites is 1. The van der Waals surface area contributed by atoms with Crippen molar-refractivity contribution in [1.29, 1.82) is 0 Å². The molecule has 0 saturated carbocycles. The molecule has 23 heavy (non-hydrogen) atoms. The minimum absolute atomic E-state index is 0.0615. The van der Waals surface area contributed by atoms with Crippen LogP contribution in [-0.4, -0.2) is 53.4 Å². The second-order valence-electron chi connectivity index (χ2n) is 5.55. The minimum atomic E-state index is -0.339. The number of hydrogen-bond donors (Lipinski definition) is 2. The van der Waals surface area contributed by atoms with Gasteiger partial charge in [0.15, 0.2) is 0 Å². The zero-order valence-corrected chi connectivity index (χ0v) is 13.2. The highest BCUT2D eigenvalue weighted by Gasteiger charge is 2.37. The third-order valence-corrected chi connectivity index (χ3v) is 4.44. The predicted octanol–water partition coefficient (Wildman–Crippen LogP) is 1.89. The molecule has 8 heteroatoms. The molecule has 7 nitrogen and oxygen atoms in total. The van der Waals surface area contributed by atoms with E-state index in [0.717, 1.165) is 0 Å². The van der Waals surface area contributed by atoms with Gasteiger partial charge < -0.3 is 15.5 Å². The Balaban J connectivity index is 1.56. The molecular weight excluding hydrogens is 320 g/mol. The summed E-state index contributed by atoms with van der Waals surface area (Å²) >= 11 is 6.03. The molecule has 0 unspecified atom stereocenters. The molecule has 2 N–H and O–H groups in total. The molecular formula is C15H17ClN4O3. The molecule has 0 spiro atoms. The molecule has 0 aliphatic carbocycles. The van der Waals surface area contributed by atoms with E-state index in [1.54, 1.807) is 29.2 Å². The van der Waals surface area contributed by atoms with Crippen molar-refractivity contribution in [3.63, 3.8) is 0 Å². The second-order valence-corrected chi connectivity index (χ2v) is 5.96. The Morgan fingerprint density at radius 2 is 1.91 bits per heavy atom. The molecule has 0 radical (unpaired) electrons. The summed E-state index contributed by atoms with van der Waals surface area (Å²) in [6.07, 6.45) is 1.16. The smallest absolute Gasteiger partial charge is 0.324 e. The van der Waals surface area contributed by atoms with E-state index in [4.69, 9.17) is 11.6 Å². The Hall–Kier alpha value is -2.28. The summed E-state index contributed by atoms with van der Waals surface area (Å²) in [5.74, 6) is -0.200. The van der Waals surface area contributed by atoms with Crippen molar-refractivity contribution in [2.24, 2.45) is 0 Å². The Kier molecular flexibility index (Phi) is 4.38. The summed E-state index contributed by atoms with van der Waals surface area (Å²) < 4.78 is 0. The average molecular weight is 337 g/mol. The molecule has 3 rings (SSSR count). The maximum absolute atomic E-state index is 12.3. The van der Waals surface area contributed by atoms with Gasteiger partial charge in [-0.05, 0) is 25.0 Å². The summed E-state index contributed by atoms with van der Waals surface area (Å²) in [6.45, 7) is 1.03. The van der Waals surface area contributed by atoms with E-state index >= 15 is 0 Å². The van der Waals surface area contributed by atoms with E-state index in [1.807, 2.05) is 0 Å². The number of anilines is 1. The van der Waals surface area contributed by atoms with Crippen molar-refractivity contribution in [2.45, 2.75) is 18.9 Å². The van der Waals surface area contributed by atoms with E-state index in [2.05, 4.69) is 10.6 Å². The lowest BCUT2D eigenvalue weighted by Gasteiger charge is -2.35. The zero-order valence-electron chi connectivity index (χ0n) is 12.4. The highest BCUT2D eigenvalue weighted by molar-refractivity contribution is 6.33. The van der Waals surface area contributed by atoms with Crippen molar-refractivity contribution >= 4 is 35.3 Å². The van der Waals surface area contributed by atoms with Crippen molar-refractivity contribution in [3.8, 4) is 0 Å². The number of piperidine rings is 1. The third-order valence-electron chi connectivity index (χ3n) is 4.11. The van der Waals surface area contributed by atoms with Gasteiger partial charge in [-0.25, -0.2) is 9.59 Å². The molecule has 5 amide bonds. The summed E-state index contributed by atoms with van der Waals surface area (Å²) in [5, 5.41) is 5.78. The summed E-state index contributed by atoms with van der Waals surface area (Å²) in [7, 11) is 0. The number of nitrogens with one attached hydrogen (secondary N) is 2. The van der Waals surface area contributed by atoms with Crippen LogP contribution in [0.2, 0.25) is 5.02 Å². The summed E-state index contributed by atoms with van der Waals surface area (Å²) in [5.41, 5.74) is 0.565. The third kappa shape index (κ3) is 3.24. The number of rotatable bonds is 2. The quantitative estimate of drug-likeness (QED) is 0.809. The van der Waals surface area contributed by atoms with E-state index in [1.165, 1.54) is 4.90 Å². The van der Waals surface area contributed by atoms with E-state index < -0.39 is 0 Å². The number of carbonyl (C=O) groups is 3. The number of amides is 5. The monoisotopic (exact) mass is 336 g/mol.